The SMILES string of the molecule is CC1([I-]I)CC(F)(F)C1. The quantitative estimate of drug-likeness (QED) is 0.442. The molecule has 1 aliphatic rings. The molecular formula is C5H7F2I2-. The second-order valence-electron chi connectivity index (χ2n) is 2.69. The topological polar surface area (TPSA) is 0 Å². The van der Waals surface area contributed by atoms with E-state index < -0.39 is 5.92 Å². The van der Waals surface area contributed by atoms with Crippen molar-refractivity contribution in [2.45, 2.75) is 29.1 Å². The molecule has 4 heteroatoms. The van der Waals surface area contributed by atoms with Gasteiger partial charge in [-0.05, 0) is 0 Å². The predicted octanol–water partition coefficient (Wildman–Crippen LogP) is -0.387. The number of hydrogen-bond donors (Lipinski definition) is 0. The first-order chi connectivity index (χ1) is 3.97. The van der Waals surface area contributed by atoms with Crippen molar-refractivity contribution in [1.82, 2.24) is 0 Å². The van der Waals surface area contributed by atoms with Gasteiger partial charge >= 0.3 is 73.7 Å². The second-order valence-corrected chi connectivity index (χ2v) is 8.44. The van der Waals surface area contributed by atoms with Crippen molar-refractivity contribution in [1.29, 1.82) is 0 Å². The van der Waals surface area contributed by atoms with E-state index in [1.165, 1.54) is 0 Å². The van der Waals surface area contributed by atoms with Gasteiger partial charge in [-0.15, -0.1) is 0 Å². The van der Waals surface area contributed by atoms with Gasteiger partial charge in [0.1, 0.15) is 0 Å². The Hall–Kier alpha value is 1.32. The van der Waals surface area contributed by atoms with Crippen LogP contribution in [-0.4, -0.2) is 9.34 Å². The van der Waals surface area contributed by atoms with E-state index in [2.05, 4.69) is 18.6 Å². The first-order valence-electron chi connectivity index (χ1n) is 2.62. The Morgan fingerprint density at radius 1 is 1.44 bits per heavy atom. The molecule has 1 rings (SSSR count). The van der Waals surface area contributed by atoms with Crippen LogP contribution in [0.3, 0.4) is 0 Å². The van der Waals surface area contributed by atoms with Gasteiger partial charge in [0.2, 0.25) is 0 Å². The summed E-state index contributed by atoms with van der Waals surface area (Å²) in [6, 6.07) is 0. The molecule has 0 amide bonds. The van der Waals surface area contributed by atoms with Crippen LogP contribution in [-0.2, 0) is 0 Å². The Bertz CT molecular complexity index is 116. The molecule has 0 saturated heterocycles. The molecular weight excluding hydrogens is 352 g/mol. The van der Waals surface area contributed by atoms with Crippen molar-refractivity contribution in [3.05, 3.63) is 0 Å². The summed E-state index contributed by atoms with van der Waals surface area (Å²) in [5.74, 6) is -2.32. The molecule has 9 heavy (non-hydrogen) atoms. The van der Waals surface area contributed by atoms with Gasteiger partial charge in [0, 0.05) is 0 Å². The van der Waals surface area contributed by atoms with Crippen LogP contribution in [0.2, 0.25) is 0 Å². The van der Waals surface area contributed by atoms with Crippen molar-refractivity contribution in [2.75, 3.05) is 0 Å². The van der Waals surface area contributed by atoms with E-state index in [9.17, 15) is 8.78 Å². The van der Waals surface area contributed by atoms with Crippen LogP contribution >= 0.6 is 18.6 Å². The van der Waals surface area contributed by atoms with Crippen molar-refractivity contribution >= 4 is 18.6 Å². The van der Waals surface area contributed by atoms with Gasteiger partial charge in [-0.3, -0.25) is 0 Å². The third-order valence-electron chi connectivity index (χ3n) is 1.43. The zero-order chi connectivity index (χ0) is 7.12. The first kappa shape index (κ1) is 8.42. The molecule has 0 spiro atoms. The molecule has 0 aromatic rings. The van der Waals surface area contributed by atoms with Crippen molar-refractivity contribution < 1.29 is 26.0 Å². The zero-order valence-electron chi connectivity index (χ0n) is 4.93. The summed E-state index contributed by atoms with van der Waals surface area (Å²) >= 11 is 2.25. The zero-order valence-corrected chi connectivity index (χ0v) is 9.24. The van der Waals surface area contributed by atoms with E-state index in [1.54, 1.807) is 0 Å². The van der Waals surface area contributed by atoms with Crippen LogP contribution in [0.15, 0.2) is 0 Å². The van der Waals surface area contributed by atoms with Gasteiger partial charge in [0.05, 0.1) is 0 Å². The van der Waals surface area contributed by atoms with Gasteiger partial charge < -0.3 is 0 Å². The van der Waals surface area contributed by atoms with Gasteiger partial charge in [-0.1, -0.05) is 0 Å². The number of alkyl halides is 3. The third-order valence-corrected chi connectivity index (χ3v) is 9.78. The molecule has 0 heterocycles. The van der Waals surface area contributed by atoms with E-state index in [0.717, 1.165) is 0 Å². The molecule has 0 atom stereocenters. The normalized spacial score (nSPS) is 29.8. The molecule has 0 aliphatic heterocycles. The van der Waals surface area contributed by atoms with Crippen LogP contribution in [0.5, 0.6) is 0 Å². The molecule has 1 fully saturated rings. The summed E-state index contributed by atoms with van der Waals surface area (Å²) < 4.78 is 24.5. The Kier molecular flexibility index (Phi) is 2.27. The molecule has 0 unspecified atom stereocenters. The van der Waals surface area contributed by atoms with Crippen LogP contribution in [0, 0.1) is 0 Å². The molecule has 1 aliphatic carbocycles. The molecule has 1 saturated carbocycles. The molecule has 0 N–H and O–H groups in total. The molecule has 0 aromatic heterocycles. The fourth-order valence-electron chi connectivity index (χ4n) is 1.08. The number of hydrogen-bond acceptors (Lipinski definition) is 0. The summed E-state index contributed by atoms with van der Waals surface area (Å²) in [5.41, 5.74) is 0. The summed E-state index contributed by atoms with van der Waals surface area (Å²) in [6.45, 7) is 1.96. The van der Waals surface area contributed by atoms with Crippen LogP contribution in [0.1, 0.15) is 19.8 Å². The number of rotatable bonds is 1. The molecule has 0 aromatic carbocycles. The average molecular weight is 359 g/mol. The van der Waals surface area contributed by atoms with Crippen LogP contribution in [0.25, 0.3) is 0 Å². The average Bonchev–Trinajstić information content (AvgIpc) is 1.61. The number of halogens is 4. The van der Waals surface area contributed by atoms with E-state index in [1.807, 2.05) is 6.92 Å². The van der Waals surface area contributed by atoms with E-state index in [4.69, 9.17) is 0 Å². The second kappa shape index (κ2) is 2.42. The van der Waals surface area contributed by atoms with Crippen molar-refractivity contribution in [3.63, 3.8) is 0 Å². The van der Waals surface area contributed by atoms with E-state index in [0.29, 0.717) is 0 Å². The first-order valence-corrected chi connectivity index (χ1v) is 9.99. The Balaban J connectivity index is 2.41. The maximum atomic E-state index is 12.2. The Labute approximate surface area is 73.2 Å². The summed E-state index contributed by atoms with van der Waals surface area (Å²) in [4.78, 5) is 0. The summed E-state index contributed by atoms with van der Waals surface area (Å²) in [5, 5.41) is 0. The summed E-state index contributed by atoms with van der Waals surface area (Å²) in [7, 11) is 0. The van der Waals surface area contributed by atoms with Crippen molar-refractivity contribution in [2.24, 2.45) is 0 Å². The van der Waals surface area contributed by atoms with Gasteiger partial charge in [0.15, 0.2) is 0 Å². The standard InChI is InChI=1S/C5H7F2I2/c1-4(9-8)2-5(6,7)3-4/h2-3H2,1H3/q-1. The predicted molar refractivity (Wildman–Crippen MR) is 36.6 cm³/mol. The van der Waals surface area contributed by atoms with Crippen LogP contribution < -0.4 is 17.2 Å². The monoisotopic (exact) mass is 359 g/mol. The maximum absolute atomic E-state index is 12.2. The fourth-order valence-corrected chi connectivity index (χ4v) is 4.42. The minimum atomic E-state index is -2.32. The molecule has 0 bridgehead atoms. The summed E-state index contributed by atoms with van der Waals surface area (Å²) in [6.07, 6.45) is 0.270. The minimum absolute atomic E-state index is 0.0218. The molecule has 0 nitrogen and oxygen atoms in total. The Morgan fingerprint density at radius 2 is 1.89 bits per heavy atom. The van der Waals surface area contributed by atoms with Gasteiger partial charge in [-0.25, -0.2) is 0 Å². The van der Waals surface area contributed by atoms with Gasteiger partial charge in [0.25, 0.3) is 0 Å². The Morgan fingerprint density at radius 3 is 2.00 bits per heavy atom. The van der Waals surface area contributed by atoms with E-state index in [-0.39, 0.29) is 33.5 Å². The molecule has 0 radical (unpaired) electrons. The third kappa shape index (κ3) is 1.87. The van der Waals surface area contributed by atoms with Gasteiger partial charge in [-0.2, -0.15) is 0 Å². The van der Waals surface area contributed by atoms with Crippen LogP contribution in [0.4, 0.5) is 8.78 Å². The molecule has 56 valence electrons. The van der Waals surface area contributed by atoms with Crippen molar-refractivity contribution in [3.8, 4) is 0 Å². The van der Waals surface area contributed by atoms with E-state index >= 15 is 0 Å². The fraction of sp³-hybridized carbons (Fsp3) is 1.00.